The Balaban J connectivity index is 2.44. The van der Waals surface area contributed by atoms with Crippen molar-refractivity contribution in [2.45, 2.75) is 25.8 Å². The molecule has 0 aliphatic carbocycles. The lowest BCUT2D eigenvalue weighted by Gasteiger charge is -2.24. The second kappa shape index (κ2) is 5.67. The SMILES string of the molecule is CCc1c(CC(N)C(=O)O)c(Cl)cc2c1OCCO2. The minimum Gasteiger partial charge on any atom is -0.486 e. The van der Waals surface area contributed by atoms with Crippen LogP contribution in [0.2, 0.25) is 5.02 Å². The highest BCUT2D eigenvalue weighted by atomic mass is 35.5. The van der Waals surface area contributed by atoms with E-state index in [9.17, 15) is 4.79 Å². The van der Waals surface area contributed by atoms with E-state index in [4.69, 9.17) is 31.9 Å². The first kappa shape index (κ1) is 14.0. The molecule has 0 radical (unpaired) electrons. The minimum atomic E-state index is -1.05. The molecule has 1 aromatic carbocycles. The molecule has 0 amide bonds. The first-order valence-corrected chi connectivity index (χ1v) is 6.50. The highest BCUT2D eigenvalue weighted by molar-refractivity contribution is 6.31. The van der Waals surface area contributed by atoms with Gasteiger partial charge in [0.25, 0.3) is 0 Å². The molecule has 104 valence electrons. The molecule has 2 rings (SSSR count). The van der Waals surface area contributed by atoms with Crippen molar-refractivity contribution in [2.75, 3.05) is 13.2 Å². The van der Waals surface area contributed by atoms with Gasteiger partial charge < -0.3 is 20.3 Å². The molecule has 6 heteroatoms. The zero-order valence-corrected chi connectivity index (χ0v) is 11.4. The summed E-state index contributed by atoms with van der Waals surface area (Å²) < 4.78 is 11.1. The van der Waals surface area contributed by atoms with Crippen molar-refractivity contribution in [1.29, 1.82) is 0 Å². The van der Waals surface area contributed by atoms with Gasteiger partial charge in [-0.2, -0.15) is 0 Å². The Morgan fingerprint density at radius 2 is 2.16 bits per heavy atom. The largest absolute Gasteiger partial charge is 0.486 e. The highest BCUT2D eigenvalue weighted by Crippen LogP contribution is 2.40. The molecule has 1 aliphatic rings. The monoisotopic (exact) mass is 285 g/mol. The summed E-state index contributed by atoms with van der Waals surface area (Å²) in [5.74, 6) is 0.222. The van der Waals surface area contributed by atoms with Crippen LogP contribution < -0.4 is 15.2 Å². The Hall–Kier alpha value is -1.46. The molecular weight excluding hydrogens is 270 g/mol. The lowest BCUT2D eigenvalue weighted by molar-refractivity contribution is -0.138. The van der Waals surface area contributed by atoms with Crippen molar-refractivity contribution in [3.05, 3.63) is 22.2 Å². The van der Waals surface area contributed by atoms with Gasteiger partial charge in [-0.25, -0.2) is 0 Å². The van der Waals surface area contributed by atoms with E-state index in [0.717, 1.165) is 11.1 Å². The first-order valence-electron chi connectivity index (χ1n) is 6.12. The number of carboxylic acid groups (broad SMARTS) is 1. The number of benzene rings is 1. The zero-order chi connectivity index (χ0) is 14.0. The Morgan fingerprint density at radius 3 is 2.79 bits per heavy atom. The van der Waals surface area contributed by atoms with Crippen LogP contribution in [0.15, 0.2) is 6.07 Å². The number of halogens is 1. The number of hydrogen-bond donors (Lipinski definition) is 2. The van der Waals surface area contributed by atoms with Gasteiger partial charge in [-0.05, 0) is 12.0 Å². The van der Waals surface area contributed by atoms with Crippen molar-refractivity contribution >= 4 is 17.6 Å². The van der Waals surface area contributed by atoms with Gasteiger partial charge in [0.15, 0.2) is 11.5 Å². The molecule has 19 heavy (non-hydrogen) atoms. The third-order valence-corrected chi connectivity index (χ3v) is 3.43. The molecule has 0 bridgehead atoms. The Morgan fingerprint density at radius 1 is 1.47 bits per heavy atom. The van der Waals surface area contributed by atoms with Gasteiger partial charge in [-0.15, -0.1) is 0 Å². The van der Waals surface area contributed by atoms with Gasteiger partial charge in [0.1, 0.15) is 19.3 Å². The van der Waals surface area contributed by atoms with E-state index in [0.29, 0.717) is 36.2 Å². The quantitative estimate of drug-likeness (QED) is 0.879. The molecule has 0 saturated carbocycles. The summed E-state index contributed by atoms with van der Waals surface area (Å²) in [5.41, 5.74) is 7.19. The van der Waals surface area contributed by atoms with Crippen LogP contribution in [-0.4, -0.2) is 30.3 Å². The fourth-order valence-electron chi connectivity index (χ4n) is 2.16. The molecule has 3 N–H and O–H groups in total. The summed E-state index contributed by atoms with van der Waals surface area (Å²) in [6.45, 7) is 2.92. The van der Waals surface area contributed by atoms with Crippen molar-refractivity contribution in [1.82, 2.24) is 0 Å². The predicted octanol–water partition coefficient (Wildman–Crippen LogP) is 1.63. The molecule has 0 spiro atoms. The number of aliphatic carboxylic acids is 1. The fraction of sp³-hybridized carbons (Fsp3) is 0.462. The van der Waals surface area contributed by atoms with Crippen molar-refractivity contribution in [2.24, 2.45) is 5.73 Å². The fourth-order valence-corrected chi connectivity index (χ4v) is 2.45. The molecule has 0 aromatic heterocycles. The van der Waals surface area contributed by atoms with E-state index in [1.165, 1.54) is 0 Å². The van der Waals surface area contributed by atoms with Gasteiger partial charge >= 0.3 is 5.97 Å². The molecule has 5 nitrogen and oxygen atoms in total. The lowest BCUT2D eigenvalue weighted by atomic mass is 9.97. The van der Waals surface area contributed by atoms with Crippen molar-refractivity contribution in [3.63, 3.8) is 0 Å². The van der Waals surface area contributed by atoms with E-state index in [1.54, 1.807) is 6.07 Å². The smallest absolute Gasteiger partial charge is 0.320 e. The molecule has 0 saturated heterocycles. The zero-order valence-electron chi connectivity index (χ0n) is 10.6. The van der Waals surface area contributed by atoms with E-state index >= 15 is 0 Å². The average Bonchev–Trinajstić information content (AvgIpc) is 2.39. The molecule has 1 aliphatic heterocycles. The summed E-state index contributed by atoms with van der Waals surface area (Å²) in [7, 11) is 0. The number of nitrogens with two attached hydrogens (primary N) is 1. The van der Waals surface area contributed by atoms with Crippen LogP contribution in [0.5, 0.6) is 11.5 Å². The summed E-state index contributed by atoms with van der Waals surface area (Å²) in [6, 6.07) is 0.685. The third-order valence-electron chi connectivity index (χ3n) is 3.09. The number of rotatable bonds is 4. The molecule has 1 unspecified atom stereocenters. The topological polar surface area (TPSA) is 81.8 Å². The van der Waals surface area contributed by atoms with E-state index in [1.807, 2.05) is 6.92 Å². The lowest BCUT2D eigenvalue weighted by Crippen LogP contribution is -2.33. The minimum absolute atomic E-state index is 0.175. The predicted molar refractivity (Wildman–Crippen MR) is 71.1 cm³/mol. The maximum atomic E-state index is 10.9. The first-order chi connectivity index (χ1) is 9.04. The normalized spacial score (nSPS) is 15.1. The maximum absolute atomic E-state index is 10.9. The summed E-state index contributed by atoms with van der Waals surface area (Å²) in [5, 5.41) is 9.38. The van der Waals surface area contributed by atoms with Crippen LogP contribution in [0.4, 0.5) is 0 Å². The number of fused-ring (bicyclic) bond motifs is 1. The number of ether oxygens (including phenoxy) is 2. The molecular formula is C13H16ClNO4. The number of hydrogen-bond acceptors (Lipinski definition) is 4. The van der Waals surface area contributed by atoms with Crippen LogP contribution in [0, 0.1) is 0 Å². The van der Waals surface area contributed by atoms with Gasteiger partial charge in [-0.1, -0.05) is 18.5 Å². The standard InChI is InChI=1S/C13H16ClNO4/c1-2-7-8(5-10(15)13(16)17)9(14)6-11-12(7)19-4-3-18-11/h6,10H,2-5,15H2,1H3,(H,16,17). The second-order valence-corrected chi connectivity index (χ2v) is 4.75. The second-order valence-electron chi connectivity index (χ2n) is 4.34. The number of carbonyl (C=O) groups is 1. The van der Waals surface area contributed by atoms with E-state index in [2.05, 4.69) is 0 Å². The van der Waals surface area contributed by atoms with Crippen molar-refractivity contribution < 1.29 is 19.4 Å². The van der Waals surface area contributed by atoms with Crippen molar-refractivity contribution in [3.8, 4) is 11.5 Å². The number of carboxylic acids is 1. The summed E-state index contributed by atoms with van der Waals surface area (Å²) >= 11 is 6.21. The Labute approximate surface area is 116 Å². The van der Waals surface area contributed by atoms with E-state index in [-0.39, 0.29) is 6.42 Å². The van der Waals surface area contributed by atoms with Crippen LogP contribution >= 0.6 is 11.6 Å². The van der Waals surface area contributed by atoms with E-state index < -0.39 is 12.0 Å². The highest BCUT2D eigenvalue weighted by Gasteiger charge is 2.24. The van der Waals surface area contributed by atoms with Gasteiger partial charge in [0.05, 0.1) is 0 Å². The van der Waals surface area contributed by atoms with Crippen LogP contribution in [0.1, 0.15) is 18.1 Å². The summed E-state index contributed by atoms with van der Waals surface area (Å²) in [4.78, 5) is 10.9. The Kier molecular flexibility index (Phi) is 4.17. The third kappa shape index (κ3) is 2.77. The molecule has 1 atom stereocenters. The summed E-state index contributed by atoms with van der Waals surface area (Å²) in [6.07, 6.45) is 0.849. The molecule has 1 heterocycles. The van der Waals surface area contributed by atoms with Crippen LogP contribution in [0.25, 0.3) is 0 Å². The Bertz CT molecular complexity index is 504. The van der Waals surface area contributed by atoms with Crippen LogP contribution in [-0.2, 0) is 17.6 Å². The van der Waals surface area contributed by atoms with Gasteiger partial charge in [0.2, 0.25) is 0 Å². The average molecular weight is 286 g/mol. The molecule has 0 fully saturated rings. The molecule has 1 aromatic rings. The van der Waals surface area contributed by atoms with Crippen LogP contribution in [0.3, 0.4) is 0 Å². The van der Waals surface area contributed by atoms with Gasteiger partial charge in [-0.3, -0.25) is 4.79 Å². The van der Waals surface area contributed by atoms with Gasteiger partial charge in [0, 0.05) is 23.1 Å². The maximum Gasteiger partial charge on any atom is 0.320 e.